The van der Waals surface area contributed by atoms with Crippen LogP contribution in [0, 0.1) is 5.92 Å². The highest BCUT2D eigenvalue weighted by Crippen LogP contribution is 2.23. The Kier molecular flexibility index (Phi) is 6.36. The van der Waals surface area contributed by atoms with Crippen LogP contribution in [0.2, 0.25) is 0 Å². The molecule has 0 radical (unpaired) electrons. The lowest BCUT2D eigenvalue weighted by molar-refractivity contribution is 0.0818. The standard InChI is InChI=1S/C14H19BrO3/c1-10(2)9-17-6-7-18-12-4-5-13(11(3)16)14(15)8-12/h4-5,8,10H,6-7,9H2,1-3H3. The lowest BCUT2D eigenvalue weighted by Gasteiger charge is -2.09. The maximum atomic E-state index is 11.2. The Labute approximate surface area is 117 Å². The first-order valence-electron chi connectivity index (χ1n) is 6.01. The Morgan fingerprint density at radius 3 is 2.61 bits per heavy atom. The topological polar surface area (TPSA) is 35.5 Å². The van der Waals surface area contributed by atoms with Gasteiger partial charge in [-0.05, 0) is 47.0 Å². The van der Waals surface area contributed by atoms with Crippen molar-refractivity contribution in [1.29, 1.82) is 0 Å². The van der Waals surface area contributed by atoms with Crippen molar-refractivity contribution in [3.05, 3.63) is 28.2 Å². The van der Waals surface area contributed by atoms with Crippen LogP contribution < -0.4 is 4.74 Å². The molecule has 0 atom stereocenters. The van der Waals surface area contributed by atoms with Gasteiger partial charge in [0.1, 0.15) is 12.4 Å². The molecule has 0 aliphatic rings. The third-order valence-electron chi connectivity index (χ3n) is 2.27. The molecule has 0 aliphatic carbocycles. The molecule has 0 aliphatic heterocycles. The van der Waals surface area contributed by atoms with Crippen LogP contribution in [0.5, 0.6) is 5.75 Å². The van der Waals surface area contributed by atoms with Crippen LogP contribution in [0.25, 0.3) is 0 Å². The molecule has 0 N–H and O–H groups in total. The van der Waals surface area contributed by atoms with Gasteiger partial charge in [-0.2, -0.15) is 0 Å². The van der Waals surface area contributed by atoms with E-state index in [9.17, 15) is 4.79 Å². The zero-order valence-electron chi connectivity index (χ0n) is 11.0. The van der Waals surface area contributed by atoms with E-state index < -0.39 is 0 Å². The molecule has 4 heteroatoms. The van der Waals surface area contributed by atoms with Crippen molar-refractivity contribution in [3.8, 4) is 5.75 Å². The summed E-state index contributed by atoms with van der Waals surface area (Å²) in [7, 11) is 0. The van der Waals surface area contributed by atoms with E-state index in [0.717, 1.165) is 16.8 Å². The van der Waals surface area contributed by atoms with Crippen molar-refractivity contribution in [3.63, 3.8) is 0 Å². The predicted molar refractivity (Wildman–Crippen MR) is 75.3 cm³/mol. The van der Waals surface area contributed by atoms with Crippen molar-refractivity contribution < 1.29 is 14.3 Å². The van der Waals surface area contributed by atoms with Crippen LogP contribution in [0.15, 0.2) is 22.7 Å². The van der Waals surface area contributed by atoms with E-state index >= 15 is 0 Å². The van der Waals surface area contributed by atoms with E-state index in [4.69, 9.17) is 9.47 Å². The van der Waals surface area contributed by atoms with Crippen LogP contribution in [0.1, 0.15) is 31.1 Å². The maximum absolute atomic E-state index is 11.2. The van der Waals surface area contributed by atoms with Crippen LogP contribution in [-0.4, -0.2) is 25.6 Å². The third-order valence-corrected chi connectivity index (χ3v) is 2.92. The van der Waals surface area contributed by atoms with Crippen molar-refractivity contribution in [1.82, 2.24) is 0 Å². The Bertz CT molecular complexity index is 402. The van der Waals surface area contributed by atoms with Crippen LogP contribution in [-0.2, 0) is 4.74 Å². The number of hydrogen-bond acceptors (Lipinski definition) is 3. The summed E-state index contributed by atoms with van der Waals surface area (Å²) < 4.78 is 11.7. The van der Waals surface area contributed by atoms with Gasteiger partial charge in [-0.3, -0.25) is 4.79 Å². The van der Waals surface area contributed by atoms with Gasteiger partial charge in [-0.25, -0.2) is 0 Å². The molecular formula is C14H19BrO3. The molecule has 0 saturated carbocycles. The SMILES string of the molecule is CC(=O)c1ccc(OCCOCC(C)C)cc1Br. The molecule has 0 amide bonds. The molecule has 0 aromatic heterocycles. The molecule has 0 bridgehead atoms. The number of Topliss-reactive ketones (excluding diaryl/α,β-unsaturated/α-hetero) is 1. The summed E-state index contributed by atoms with van der Waals surface area (Å²) in [4.78, 5) is 11.2. The average molecular weight is 315 g/mol. The molecule has 0 unspecified atom stereocenters. The van der Waals surface area contributed by atoms with Crippen LogP contribution >= 0.6 is 15.9 Å². The monoisotopic (exact) mass is 314 g/mol. The van der Waals surface area contributed by atoms with Gasteiger partial charge in [-0.15, -0.1) is 0 Å². The van der Waals surface area contributed by atoms with Crippen molar-refractivity contribution in [2.45, 2.75) is 20.8 Å². The first-order chi connectivity index (χ1) is 8.50. The first-order valence-corrected chi connectivity index (χ1v) is 6.81. The van der Waals surface area contributed by atoms with Gasteiger partial charge in [0.25, 0.3) is 0 Å². The van der Waals surface area contributed by atoms with Gasteiger partial charge >= 0.3 is 0 Å². The molecule has 3 nitrogen and oxygen atoms in total. The normalized spacial score (nSPS) is 10.7. The quantitative estimate of drug-likeness (QED) is 0.568. The number of halogens is 1. The smallest absolute Gasteiger partial charge is 0.160 e. The minimum absolute atomic E-state index is 0.0358. The van der Waals surface area contributed by atoms with Gasteiger partial charge in [0.15, 0.2) is 5.78 Å². The lowest BCUT2D eigenvalue weighted by Crippen LogP contribution is -2.10. The molecule has 0 fully saturated rings. The average Bonchev–Trinajstić information content (AvgIpc) is 2.27. The summed E-state index contributed by atoms with van der Waals surface area (Å²) in [5, 5.41) is 0. The highest BCUT2D eigenvalue weighted by Gasteiger charge is 2.06. The zero-order chi connectivity index (χ0) is 13.5. The highest BCUT2D eigenvalue weighted by molar-refractivity contribution is 9.10. The Morgan fingerprint density at radius 1 is 1.33 bits per heavy atom. The molecule has 18 heavy (non-hydrogen) atoms. The minimum atomic E-state index is 0.0358. The largest absolute Gasteiger partial charge is 0.491 e. The fourth-order valence-corrected chi connectivity index (χ4v) is 2.05. The molecule has 1 rings (SSSR count). The number of hydrogen-bond donors (Lipinski definition) is 0. The summed E-state index contributed by atoms with van der Waals surface area (Å²) in [5.74, 6) is 1.31. The Balaban J connectivity index is 2.39. The van der Waals surface area contributed by atoms with Crippen LogP contribution in [0.3, 0.4) is 0 Å². The van der Waals surface area contributed by atoms with E-state index in [1.165, 1.54) is 0 Å². The third kappa shape index (κ3) is 5.19. The fourth-order valence-electron chi connectivity index (χ4n) is 1.41. The Morgan fingerprint density at radius 2 is 2.06 bits per heavy atom. The van der Waals surface area contributed by atoms with Gasteiger partial charge < -0.3 is 9.47 Å². The summed E-state index contributed by atoms with van der Waals surface area (Å²) >= 11 is 3.36. The van der Waals surface area contributed by atoms with E-state index in [2.05, 4.69) is 29.8 Å². The van der Waals surface area contributed by atoms with Gasteiger partial charge in [0.2, 0.25) is 0 Å². The lowest BCUT2D eigenvalue weighted by atomic mass is 10.1. The molecular weight excluding hydrogens is 296 g/mol. The number of ketones is 1. The van der Waals surface area contributed by atoms with Gasteiger partial charge in [0.05, 0.1) is 6.61 Å². The molecule has 1 aromatic carbocycles. The van der Waals surface area contributed by atoms with E-state index in [1.54, 1.807) is 25.1 Å². The maximum Gasteiger partial charge on any atom is 0.160 e. The summed E-state index contributed by atoms with van der Waals surface area (Å²) in [6, 6.07) is 5.36. The Hall–Kier alpha value is -0.870. The van der Waals surface area contributed by atoms with Crippen LogP contribution in [0.4, 0.5) is 0 Å². The number of carbonyl (C=O) groups is 1. The zero-order valence-corrected chi connectivity index (χ0v) is 12.6. The molecule has 0 spiro atoms. The molecule has 0 heterocycles. The number of carbonyl (C=O) groups excluding carboxylic acids is 1. The molecule has 100 valence electrons. The van der Waals surface area contributed by atoms with Crippen molar-refractivity contribution in [2.75, 3.05) is 19.8 Å². The van der Waals surface area contributed by atoms with E-state index in [-0.39, 0.29) is 5.78 Å². The number of ether oxygens (including phenoxy) is 2. The van der Waals surface area contributed by atoms with Gasteiger partial charge in [0, 0.05) is 16.6 Å². The summed E-state index contributed by atoms with van der Waals surface area (Å²) in [5.41, 5.74) is 0.665. The first kappa shape index (κ1) is 15.2. The molecule has 1 aromatic rings. The molecule has 0 saturated heterocycles. The predicted octanol–water partition coefficient (Wildman–Crippen LogP) is 3.70. The highest BCUT2D eigenvalue weighted by atomic mass is 79.9. The second kappa shape index (κ2) is 7.54. The second-order valence-electron chi connectivity index (χ2n) is 4.52. The minimum Gasteiger partial charge on any atom is -0.491 e. The second-order valence-corrected chi connectivity index (χ2v) is 5.37. The summed E-state index contributed by atoms with van der Waals surface area (Å²) in [6.45, 7) is 7.59. The van der Waals surface area contributed by atoms with E-state index in [1.807, 2.05) is 0 Å². The van der Waals surface area contributed by atoms with E-state index in [0.29, 0.717) is 24.7 Å². The summed E-state index contributed by atoms with van der Waals surface area (Å²) in [6.07, 6.45) is 0. The van der Waals surface area contributed by atoms with Crippen molar-refractivity contribution >= 4 is 21.7 Å². The fraction of sp³-hybridized carbons (Fsp3) is 0.500. The van der Waals surface area contributed by atoms with Crippen molar-refractivity contribution in [2.24, 2.45) is 5.92 Å². The number of rotatable bonds is 7. The van der Waals surface area contributed by atoms with Gasteiger partial charge in [-0.1, -0.05) is 13.8 Å². The number of benzene rings is 1.